The van der Waals surface area contributed by atoms with E-state index in [-0.39, 0.29) is 24.8 Å². The molecule has 0 aliphatic carbocycles. The Balaban J connectivity index is 1.52. The zero-order chi connectivity index (χ0) is 18.4. The summed E-state index contributed by atoms with van der Waals surface area (Å²) in [6, 6.07) is 15.6. The number of thiazole rings is 1. The van der Waals surface area contributed by atoms with Crippen molar-refractivity contribution in [2.45, 2.75) is 16.5 Å². The highest BCUT2D eigenvalue weighted by molar-refractivity contribution is 8.00. The van der Waals surface area contributed by atoms with Crippen molar-refractivity contribution < 1.29 is 14.3 Å². The van der Waals surface area contributed by atoms with Crippen molar-refractivity contribution in [3.63, 3.8) is 0 Å². The Bertz CT molecular complexity index is 874. The molecule has 0 radical (unpaired) electrons. The third-order valence-electron chi connectivity index (χ3n) is 3.70. The zero-order valence-corrected chi connectivity index (χ0v) is 15.9. The van der Waals surface area contributed by atoms with Gasteiger partial charge in [-0.05, 0) is 29.8 Å². The molecule has 0 aliphatic heterocycles. The quantitative estimate of drug-likeness (QED) is 0.493. The van der Waals surface area contributed by atoms with E-state index in [0.29, 0.717) is 5.56 Å². The van der Waals surface area contributed by atoms with Crippen molar-refractivity contribution >= 4 is 45.2 Å². The van der Waals surface area contributed by atoms with Gasteiger partial charge in [-0.3, -0.25) is 9.59 Å². The van der Waals surface area contributed by atoms with Gasteiger partial charge in [0.2, 0.25) is 0 Å². The third kappa shape index (κ3) is 4.83. The molecule has 0 saturated heterocycles. The third-order valence-corrected chi connectivity index (χ3v) is 5.95. The smallest absolute Gasteiger partial charge is 0.307 e. The van der Waals surface area contributed by atoms with Crippen LogP contribution in [0.2, 0.25) is 0 Å². The number of fused-ring (bicyclic) bond motifs is 1. The van der Waals surface area contributed by atoms with E-state index in [9.17, 15) is 9.59 Å². The lowest BCUT2D eigenvalue weighted by atomic mass is 10.1. The lowest BCUT2D eigenvalue weighted by Crippen LogP contribution is -2.26. The summed E-state index contributed by atoms with van der Waals surface area (Å²) in [5.74, 6) is 0.260. The first-order valence-electron chi connectivity index (χ1n) is 8.08. The molecule has 1 aromatic heterocycles. The van der Waals surface area contributed by atoms with Crippen LogP contribution in [-0.4, -0.2) is 30.5 Å². The summed E-state index contributed by atoms with van der Waals surface area (Å²) in [6.07, 6.45) is 0.166. The highest BCUT2D eigenvalue weighted by Crippen LogP contribution is 2.31. The Labute approximate surface area is 159 Å². The van der Waals surface area contributed by atoms with Crippen molar-refractivity contribution in [3.05, 3.63) is 59.7 Å². The molecular formula is C19H18N2O3S2. The van der Waals surface area contributed by atoms with Crippen molar-refractivity contribution in [1.82, 2.24) is 10.3 Å². The second-order valence-electron chi connectivity index (χ2n) is 5.52. The fraction of sp³-hybridized carbons (Fsp3) is 0.211. The average molecular weight is 386 g/mol. The van der Waals surface area contributed by atoms with Gasteiger partial charge in [0.1, 0.15) is 0 Å². The number of amides is 1. The maximum atomic E-state index is 12.0. The first-order valence-corrected chi connectivity index (χ1v) is 9.88. The Morgan fingerprint density at radius 1 is 1.15 bits per heavy atom. The van der Waals surface area contributed by atoms with E-state index < -0.39 is 0 Å². The maximum Gasteiger partial charge on any atom is 0.307 e. The predicted molar refractivity (Wildman–Crippen MR) is 105 cm³/mol. The largest absolute Gasteiger partial charge is 0.469 e. The van der Waals surface area contributed by atoms with Gasteiger partial charge in [0.15, 0.2) is 4.34 Å². The van der Waals surface area contributed by atoms with Crippen LogP contribution in [0, 0.1) is 0 Å². The number of carbonyl (C=O) groups excluding carboxylic acids is 2. The summed E-state index contributed by atoms with van der Waals surface area (Å²) in [4.78, 5) is 27.7. The number of rotatable bonds is 7. The van der Waals surface area contributed by atoms with Gasteiger partial charge >= 0.3 is 5.97 Å². The van der Waals surface area contributed by atoms with Crippen LogP contribution in [0.1, 0.15) is 22.3 Å². The van der Waals surface area contributed by atoms with Crippen LogP contribution >= 0.6 is 23.1 Å². The molecule has 26 heavy (non-hydrogen) atoms. The number of hydrogen-bond acceptors (Lipinski definition) is 6. The number of nitrogens with one attached hydrogen (secondary N) is 1. The minimum atomic E-state index is -0.340. The number of nitrogens with zero attached hydrogens (tertiary/aromatic N) is 1. The summed E-state index contributed by atoms with van der Waals surface area (Å²) < 4.78 is 6.77. The number of carbonyl (C=O) groups is 2. The SMILES string of the molecule is COC(=O)CCNC(=O)c1ccc(CSc2nc3ccccc3s2)cc1. The average Bonchev–Trinajstić information content (AvgIpc) is 3.09. The number of hydrogen-bond donors (Lipinski definition) is 1. The molecule has 1 amide bonds. The van der Waals surface area contributed by atoms with E-state index in [1.807, 2.05) is 30.3 Å². The van der Waals surface area contributed by atoms with Gasteiger partial charge < -0.3 is 10.1 Å². The van der Waals surface area contributed by atoms with Crippen LogP contribution in [0.5, 0.6) is 0 Å². The predicted octanol–water partition coefficient (Wildman–Crippen LogP) is 3.88. The fourth-order valence-electron chi connectivity index (χ4n) is 2.29. The molecule has 134 valence electrons. The van der Waals surface area contributed by atoms with Gasteiger partial charge in [0, 0.05) is 17.9 Å². The molecular weight excluding hydrogens is 368 g/mol. The molecule has 1 N–H and O–H groups in total. The summed E-state index contributed by atoms with van der Waals surface area (Å²) in [5.41, 5.74) is 2.72. The second-order valence-corrected chi connectivity index (χ2v) is 7.77. The van der Waals surface area contributed by atoms with E-state index in [4.69, 9.17) is 0 Å². The number of aromatic nitrogens is 1. The van der Waals surface area contributed by atoms with Crippen molar-refractivity contribution in [3.8, 4) is 0 Å². The molecule has 1 heterocycles. The number of benzene rings is 2. The Morgan fingerprint density at radius 2 is 1.92 bits per heavy atom. The molecule has 0 atom stereocenters. The summed E-state index contributed by atoms with van der Waals surface area (Å²) >= 11 is 3.38. The number of methoxy groups -OCH3 is 1. The van der Waals surface area contributed by atoms with Crippen LogP contribution in [0.4, 0.5) is 0 Å². The monoisotopic (exact) mass is 386 g/mol. The Morgan fingerprint density at radius 3 is 2.65 bits per heavy atom. The first-order chi connectivity index (χ1) is 12.7. The molecule has 3 rings (SSSR count). The van der Waals surface area contributed by atoms with Crippen LogP contribution in [0.25, 0.3) is 10.2 Å². The first kappa shape index (κ1) is 18.4. The number of esters is 1. The number of thioether (sulfide) groups is 1. The minimum absolute atomic E-state index is 0.166. The second kappa shape index (κ2) is 8.82. The lowest BCUT2D eigenvalue weighted by molar-refractivity contribution is -0.140. The van der Waals surface area contributed by atoms with Crippen LogP contribution < -0.4 is 5.32 Å². The van der Waals surface area contributed by atoms with Gasteiger partial charge in [0.05, 0.1) is 23.7 Å². The molecule has 5 nitrogen and oxygen atoms in total. The number of ether oxygens (including phenoxy) is 1. The van der Waals surface area contributed by atoms with E-state index in [1.165, 1.54) is 11.8 Å². The zero-order valence-electron chi connectivity index (χ0n) is 14.2. The van der Waals surface area contributed by atoms with E-state index >= 15 is 0 Å². The highest BCUT2D eigenvalue weighted by atomic mass is 32.2. The minimum Gasteiger partial charge on any atom is -0.469 e. The van der Waals surface area contributed by atoms with E-state index in [1.54, 1.807) is 35.2 Å². The maximum absolute atomic E-state index is 12.0. The van der Waals surface area contributed by atoms with E-state index in [0.717, 1.165) is 21.2 Å². The highest BCUT2D eigenvalue weighted by Gasteiger charge is 2.08. The van der Waals surface area contributed by atoms with Crippen molar-refractivity contribution in [1.29, 1.82) is 0 Å². The molecule has 0 spiro atoms. The van der Waals surface area contributed by atoms with Gasteiger partial charge in [-0.2, -0.15) is 0 Å². The normalized spacial score (nSPS) is 10.7. The van der Waals surface area contributed by atoms with Gasteiger partial charge in [-0.15, -0.1) is 11.3 Å². The van der Waals surface area contributed by atoms with Crippen LogP contribution in [-0.2, 0) is 15.3 Å². The molecule has 3 aromatic rings. The topological polar surface area (TPSA) is 68.3 Å². The van der Waals surface area contributed by atoms with Gasteiger partial charge in [-0.1, -0.05) is 36.0 Å². The molecule has 2 aromatic carbocycles. The summed E-state index contributed by atoms with van der Waals surface area (Å²) in [6.45, 7) is 0.265. The molecule has 0 aliphatic rings. The summed E-state index contributed by atoms with van der Waals surface area (Å²) in [7, 11) is 1.33. The van der Waals surface area contributed by atoms with Gasteiger partial charge in [0.25, 0.3) is 5.91 Å². The van der Waals surface area contributed by atoms with Crippen molar-refractivity contribution in [2.75, 3.05) is 13.7 Å². The molecule has 7 heteroatoms. The molecule has 0 saturated carbocycles. The molecule has 0 unspecified atom stereocenters. The van der Waals surface area contributed by atoms with Crippen LogP contribution in [0.15, 0.2) is 52.9 Å². The number of para-hydroxylation sites is 1. The van der Waals surface area contributed by atoms with Crippen LogP contribution in [0.3, 0.4) is 0 Å². The van der Waals surface area contributed by atoms with Crippen molar-refractivity contribution in [2.24, 2.45) is 0 Å². The fourth-order valence-corrected chi connectivity index (χ4v) is 4.32. The molecule has 0 bridgehead atoms. The molecule has 0 fully saturated rings. The van der Waals surface area contributed by atoms with Gasteiger partial charge in [-0.25, -0.2) is 4.98 Å². The summed E-state index contributed by atoms with van der Waals surface area (Å²) in [5, 5.41) is 2.70. The van der Waals surface area contributed by atoms with E-state index in [2.05, 4.69) is 21.1 Å². The Hall–Kier alpha value is -2.38. The lowest BCUT2D eigenvalue weighted by Gasteiger charge is -2.05. The Kier molecular flexibility index (Phi) is 6.25. The standard InChI is InChI=1S/C19H18N2O3S2/c1-24-17(22)10-11-20-18(23)14-8-6-13(7-9-14)12-25-19-21-15-4-2-3-5-16(15)26-19/h2-9H,10-12H2,1H3,(H,20,23).